The lowest BCUT2D eigenvalue weighted by Crippen LogP contribution is -2.29. The first-order valence-electron chi connectivity index (χ1n) is 20.5. The van der Waals surface area contributed by atoms with Gasteiger partial charge in [0.1, 0.15) is 6.61 Å². The molecule has 49 heavy (non-hydrogen) atoms. The number of phosphoric ester groups is 1. The summed E-state index contributed by atoms with van der Waals surface area (Å²) in [6.45, 7) is 3.74. The molecule has 0 saturated heterocycles. The van der Waals surface area contributed by atoms with Crippen LogP contribution < -0.4 is 5.73 Å². The largest absolute Gasteiger partial charge is 0.472 e. The van der Waals surface area contributed by atoms with Gasteiger partial charge in [0.05, 0.1) is 13.2 Å². The van der Waals surface area contributed by atoms with Crippen LogP contribution in [0.5, 0.6) is 0 Å². The third kappa shape index (κ3) is 36.6. The zero-order valence-corrected chi connectivity index (χ0v) is 32.8. The zero-order chi connectivity index (χ0) is 36.1. The van der Waals surface area contributed by atoms with Crippen LogP contribution in [0.3, 0.4) is 0 Å². The minimum Gasteiger partial charge on any atom is -0.462 e. The number of unbranched alkanes of at least 4 members (excludes halogenated alkanes) is 26. The van der Waals surface area contributed by atoms with E-state index in [1.807, 2.05) is 0 Å². The van der Waals surface area contributed by atoms with Gasteiger partial charge in [0.15, 0.2) is 6.10 Å². The SMILES string of the molecule is CCCCCCCCCCCCCCCCCCCCCC(=O)O[C@H](COC(=O)CCCCCCCCCCC)COP(=O)(O)OCCN. The van der Waals surface area contributed by atoms with Crippen molar-refractivity contribution in [2.45, 2.75) is 213 Å². The summed E-state index contributed by atoms with van der Waals surface area (Å²) in [4.78, 5) is 34.7. The number of hydrogen-bond acceptors (Lipinski definition) is 8. The first kappa shape index (κ1) is 48.0. The highest BCUT2D eigenvalue weighted by atomic mass is 31.2. The minimum absolute atomic E-state index is 0.0578. The molecule has 0 aliphatic rings. The summed E-state index contributed by atoms with van der Waals surface area (Å²) in [5.41, 5.74) is 5.33. The van der Waals surface area contributed by atoms with Crippen LogP contribution in [0.15, 0.2) is 0 Å². The number of nitrogens with two attached hydrogens (primary N) is 1. The van der Waals surface area contributed by atoms with Crippen LogP contribution in [0, 0.1) is 0 Å². The smallest absolute Gasteiger partial charge is 0.462 e. The van der Waals surface area contributed by atoms with E-state index in [-0.39, 0.29) is 38.6 Å². The van der Waals surface area contributed by atoms with Gasteiger partial charge in [-0.05, 0) is 12.8 Å². The minimum atomic E-state index is -4.36. The maximum absolute atomic E-state index is 12.5. The van der Waals surface area contributed by atoms with Crippen LogP contribution in [-0.4, -0.2) is 49.3 Å². The van der Waals surface area contributed by atoms with Crippen molar-refractivity contribution >= 4 is 19.8 Å². The van der Waals surface area contributed by atoms with Gasteiger partial charge < -0.3 is 20.1 Å². The van der Waals surface area contributed by atoms with E-state index >= 15 is 0 Å². The Labute approximate surface area is 301 Å². The number of carbonyl (C=O) groups is 2. The molecule has 0 heterocycles. The van der Waals surface area contributed by atoms with Crippen LogP contribution in [0.2, 0.25) is 0 Å². The van der Waals surface area contributed by atoms with Crippen molar-refractivity contribution < 1.29 is 37.6 Å². The molecule has 0 fully saturated rings. The summed E-state index contributed by atoms with van der Waals surface area (Å²) in [7, 11) is -4.36. The average molecular weight is 720 g/mol. The normalized spacial score (nSPS) is 13.3. The molecular weight excluding hydrogens is 641 g/mol. The first-order chi connectivity index (χ1) is 23.8. The molecule has 0 aliphatic heterocycles. The van der Waals surface area contributed by atoms with E-state index < -0.39 is 26.5 Å². The van der Waals surface area contributed by atoms with E-state index in [0.717, 1.165) is 32.1 Å². The van der Waals surface area contributed by atoms with Crippen molar-refractivity contribution in [3.63, 3.8) is 0 Å². The lowest BCUT2D eigenvalue weighted by molar-refractivity contribution is -0.161. The van der Waals surface area contributed by atoms with Gasteiger partial charge in [-0.2, -0.15) is 0 Å². The summed E-state index contributed by atoms with van der Waals surface area (Å²) in [6, 6.07) is 0. The second kappa shape index (κ2) is 36.8. The molecule has 0 aromatic rings. The maximum Gasteiger partial charge on any atom is 0.472 e. The molecule has 2 atom stereocenters. The maximum atomic E-state index is 12.5. The molecule has 3 N–H and O–H groups in total. The lowest BCUT2D eigenvalue weighted by Gasteiger charge is -2.19. The summed E-state index contributed by atoms with van der Waals surface area (Å²) < 4.78 is 32.6. The van der Waals surface area contributed by atoms with Gasteiger partial charge in [0.25, 0.3) is 0 Å². The van der Waals surface area contributed by atoms with Crippen LogP contribution >= 0.6 is 7.82 Å². The van der Waals surface area contributed by atoms with Crippen LogP contribution in [0.1, 0.15) is 206 Å². The third-order valence-electron chi connectivity index (χ3n) is 8.99. The molecule has 1 unspecified atom stereocenters. The molecule has 0 rings (SSSR count). The fraction of sp³-hybridized carbons (Fsp3) is 0.949. The van der Waals surface area contributed by atoms with Gasteiger partial charge in [-0.1, -0.05) is 181 Å². The van der Waals surface area contributed by atoms with Crippen molar-refractivity contribution in [1.29, 1.82) is 0 Å². The molecule has 10 heteroatoms. The van der Waals surface area contributed by atoms with Gasteiger partial charge in [0.2, 0.25) is 0 Å². The molecule has 292 valence electrons. The average Bonchev–Trinajstić information content (AvgIpc) is 3.08. The highest BCUT2D eigenvalue weighted by Crippen LogP contribution is 2.43. The zero-order valence-electron chi connectivity index (χ0n) is 31.9. The van der Waals surface area contributed by atoms with E-state index in [2.05, 4.69) is 13.8 Å². The van der Waals surface area contributed by atoms with Gasteiger partial charge in [0, 0.05) is 19.4 Å². The quantitative estimate of drug-likeness (QED) is 0.0361. The van der Waals surface area contributed by atoms with Crippen molar-refractivity contribution in [1.82, 2.24) is 0 Å². The fourth-order valence-electron chi connectivity index (χ4n) is 5.93. The first-order valence-corrected chi connectivity index (χ1v) is 22.0. The topological polar surface area (TPSA) is 134 Å². The molecule has 0 spiro atoms. The van der Waals surface area contributed by atoms with E-state index in [4.69, 9.17) is 24.3 Å². The van der Waals surface area contributed by atoms with Crippen LogP contribution in [-0.2, 0) is 32.7 Å². The molecule has 0 radical (unpaired) electrons. The van der Waals surface area contributed by atoms with Crippen LogP contribution in [0.4, 0.5) is 0 Å². The van der Waals surface area contributed by atoms with Gasteiger partial charge in [-0.25, -0.2) is 4.57 Å². The number of carbonyl (C=O) groups excluding carboxylic acids is 2. The highest BCUT2D eigenvalue weighted by molar-refractivity contribution is 7.47. The Morgan fingerprint density at radius 3 is 1.24 bits per heavy atom. The molecule has 0 aliphatic carbocycles. The third-order valence-corrected chi connectivity index (χ3v) is 9.98. The lowest BCUT2D eigenvalue weighted by atomic mass is 10.0. The summed E-state index contributed by atoms with van der Waals surface area (Å²) in [5, 5.41) is 0. The molecule has 0 bridgehead atoms. The Balaban J connectivity index is 4.06. The monoisotopic (exact) mass is 720 g/mol. The highest BCUT2D eigenvalue weighted by Gasteiger charge is 2.26. The predicted molar refractivity (Wildman–Crippen MR) is 201 cm³/mol. The Kier molecular flexibility index (Phi) is 36.0. The van der Waals surface area contributed by atoms with E-state index in [9.17, 15) is 19.0 Å². The predicted octanol–water partition coefficient (Wildman–Crippen LogP) is 11.3. The Bertz CT molecular complexity index is 784. The summed E-state index contributed by atoms with van der Waals surface area (Å²) in [5.74, 6) is -0.819. The number of esters is 2. The van der Waals surface area contributed by atoms with Crippen molar-refractivity contribution in [2.24, 2.45) is 5.73 Å². The van der Waals surface area contributed by atoms with Crippen molar-refractivity contribution in [2.75, 3.05) is 26.4 Å². The molecule has 0 amide bonds. The van der Waals surface area contributed by atoms with Gasteiger partial charge >= 0.3 is 19.8 Å². The van der Waals surface area contributed by atoms with E-state index in [1.165, 1.54) is 141 Å². The van der Waals surface area contributed by atoms with Gasteiger partial charge in [-0.15, -0.1) is 0 Å². The Morgan fingerprint density at radius 1 is 0.531 bits per heavy atom. The second-order valence-electron chi connectivity index (χ2n) is 13.9. The van der Waals surface area contributed by atoms with E-state index in [1.54, 1.807) is 0 Å². The molecular formula is C39H78NO8P. The molecule has 0 saturated carbocycles. The molecule has 0 aromatic carbocycles. The van der Waals surface area contributed by atoms with Gasteiger partial charge in [-0.3, -0.25) is 18.6 Å². The fourth-order valence-corrected chi connectivity index (χ4v) is 6.69. The second-order valence-corrected chi connectivity index (χ2v) is 15.3. The number of hydrogen-bond donors (Lipinski definition) is 2. The number of rotatable bonds is 39. The summed E-state index contributed by atoms with van der Waals surface area (Å²) >= 11 is 0. The summed E-state index contributed by atoms with van der Waals surface area (Å²) in [6.07, 6.45) is 34.3. The van der Waals surface area contributed by atoms with E-state index in [0.29, 0.717) is 6.42 Å². The molecule has 9 nitrogen and oxygen atoms in total. The standard InChI is InChI=1S/C39H78NO8P/c1-3-5-7-9-11-13-14-15-16-17-18-19-20-21-22-24-26-28-30-32-39(42)48-37(36-47-49(43,44)46-34-33-40)35-45-38(41)31-29-27-25-23-12-10-8-6-4-2/h37H,3-36,40H2,1-2H3,(H,43,44)/t37-/m1/s1. The van der Waals surface area contributed by atoms with Crippen LogP contribution in [0.25, 0.3) is 0 Å². The number of phosphoric acid groups is 1. The number of ether oxygens (including phenoxy) is 2. The Hall–Kier alpha value is -0.990. The van der Waals surface area contributed by atoms with Crippen molar-refractivity contribution in [3.05, 3.63) is 0 Å². The Morgan fingerprint density at radius 2 is 0.878 bits per heavy atom. The van der Waals surface area contributed by atoms with Crippen molar-refractivity contribution in [3.8, 4) is 0 Å². The molecule has 0 aromatic heterocycles.